The molecule has 1 aliphatic heterocycles. The normalized spacial score (nSPS) is 21.4. The van der Waals surface area contributed by atoms with Crippen molar-refractivity contribution < 1.29 is 8.42 Å². The first-order valence-electron chi connectivity index (χ1n) is 6.02. The third kappa shape index (κ3) is 3.82. The zero-order chi connectivity index (χ0) is 12.3. The molecule has 1 aromatic rings. The lowest BCUT2D eigenvalue weighted by Gasteiger charge is -2.23. The third-order valence-electron chi connectivity index (χ3n) is 3.15. The van der Waals surface area contributed by atoms with E-state index in [0.717, 1.165) is 18.7 Å². The van der Waals surface area contributed by atoms with Gasteiger partial charge in [-0.3, -0.25) is 0 Å². The van der Waals surface area contributed by atoms with Crippen molar-refractivity contribution in [3.8, 4) is 0 Å². The molecule has 0 spiro atoms. The van der Waals surface area contributed by atoms with E-state index in [2.05, 4.69) is 11.4 Å². The number of hydrogen-bond donors (Lipinski definition) is 1. The van der Waals surface area contributed by atoms with Crippen LogP contribution in [0.5, 0.6) is 0 Å². The van der Waals surface area contributed by atoms with Gasteiger partial charge in [0.05, 0.1) is 5.75 Å². The highest BCUT2D eigenvalue weighted by atomic mass is 32.2. The monoisotopic (exact) mass is 253 g/mol. The molecule has 0 saturated carbocycles. The lowest BCUT2D eigenvalue weighted by atomic mass is 9.91. The lowest BCUT2D eigenvalue weighted by Crippen LogP contribution is -2.28. The number of piperidine rings is 1. The summed E-state index contributed by atoms with van der Waals surface area (Å²) in [5, 5.41) is 3.38. The molecule has 0 aliphatic carbocycles. The van der Waals surface area contributed by atoms with Crippen molar-refractivity contribution >= 4 is 9.84 Å². The fraction of sp³-hybridized carbons (Fsp3) is 0.538. The first kappa shape index (κ1) is 12.6. The molecule has 4 heteroatoms. The Morgan fingerprint density at radius 2 is 2.24 bits per heavy atom. The SMILES string of the molecule is CS(=O)(=O)Cc1cccc(C2CCCNC2)c1. The van der Waals surface area contributed by atoms with Crippen LogP contribution in [0.15, 0.2) is 24.3 Å². The smallest absolute Gasteiger partial charge is 0.151 e. The average molecular weight is 253 g/mol. The van der Waals surface area contributed by atoms with Crippen LogP contribution < -0.4 is 5.32 Å². The quantitative estimate of drug-likeness (QED) is 0.892. The molecule has 1 aromatic carbocycles. The molecule has 1 fully saturated rings. The molecule has 1 unspecified atom stereocenters. The lowest BCUT2D eigenvalue weighted by molar-refractivity contribution is 0.461. The van der Waals surface area contributed by atoms with Crippen LogP contribution in [0, 0.1) is 0 Å². The standard InChI is InChI=1S/C13H19NO2S/c1-17(15,16)10-11-4-2-5-12(8-11)13-6-3-7-14-9-13/h2,4-5,8,13-14H,3,6-7,9-10H2,1H3. The van der Waals surface area contributed by atoms with Crippen LogP contribution in [-0.2, 0) is 15.6 Å². The van der Waals surface area contributed by atoms with E-state index in [1.807, 2.05) is 18.2 Å². The van der Waals surface area contributed by atoms with Gasteiger partial charge in [-0.1, -0.05) is 24.3 Å². The van der Waals surface area contributed by atoms with Crippen LogP contribution in [0.3, 0.4) is 0 Å². The number of sulfone groups is 1. The highest BCUT2D eigenvalue weighted by Crippen LogP contribution is 2.24. The molecule has 3 nitrogen and oxygen atoms in total. The highest BCUT2D eigenvalue weighted by Gasteiger charge is 2.15. The van der Waals surface area contributed by atoms with Crippen molar-refractivity contribution in [3.63, 3.8) is 0 Å². The first-order valence-corrected chi connectivity index (χ1v) is 8.08. The summed E-state index contributed by atoms with van der Waals surface area (Å²) in [4.78, 5) is 0. The maximum atomic E-state index is 11.3. The fourth-order valence-corrected chi connectivity index (χ4v) is 3.16. The molecule has 1 N–H and O–H groups in total. The number of nitrogens with one attached hydrogen (secondary N) is 1. The van der Waals surface area contributed by atoms with Gasteiger partial charge in [-0.25, -0.2) is 8.42 Å². The Morgan fingerprint density at radius 3 is 2.88 bits per heavy atom. The second kappa shape index (κ2) is 5.19. The molecule has 0 aromatic heterocycles. The summed E-state index contributed by atoms with van der Waals surface area (Å²) in [5.41, 5.74) is 2.16. The summed E-state index contributed by atoms with van der Waals surface area (Å²) in [7, 11) is -2.94. The van der Waals surface area contributed by atoms with Gasteiger partial charge in [-0.15, -0.1) is 0 Å². The molecule has 1 aliphatic rings. The van der Waals surface area contributed by atoms with Crippen molar-refractivity contribution in [1.29, 1.82) is 0 Å². The minimum atomic E-state index is -2.94. The van der Waals surface area contributed by atoms with Gasteiger partial charge in [0.2, 0.25) is 0 Å². The summed E-state index contributed by atoms with van der Waals surface area (Å²) in [6, 6.07) is 7.99. The number of hydrogen-bond acceptors (Lipinski definition) is 3. The maximum absolute atomic E-state index is 11.3. The van der Waals surface area contributed by atoms with Crippen molar-refractivity contribution in [2.24, 2.45) is 0 Å². The molecule has 0 bridgehead atoms. The van der Waals surface area contributed by atoms with Gasteiger partial charge < -0.3 is 5.32 Å². The molecular weight excluding hydrogens is 234 g/mol. The molecule has 1 heterocycles. The van der Waals surface area contributed by atoms with Crippen molar-refractivity contribution in [3.05, 3.63) is 35.4 Å². The second-order valence-corrected chi connectivity index (χ2v) is 7.00. The molecule has 2 rings (SSSR count). The van der Waals surface area contributed by atoms with Crippen molar-refractivity contribution in [1.82, 2.24) is 5.32 Å². The number of rotatable bonds is 3. The predicted octanol–water partition coefficient (Wildman–Crippen LogP) is 1.70. The molecule has 17 heavy (non-hydrogen) atoms. The Labute approximate surface area is 103 Å². The van der Waals surface area contributed by atoms with E-state index in [1.165, 1.54) is 24.7 Å². The van der Waals surface area contributed by atoms with Crippen molar-refractivity contribution in [2.75, 3.05) is 19.3 Å². The Kier molecular flexibility index (Phi) is 3.84. The summed E-state index contributed by atoms with van der Waals surface area (Å²) < 4.78 is 22.6. The Morgan fingerprint density at radius 1 is 1.41 bits per heavy atom. The zero-order valence-electron chi connectivity index (χ0n) is 10.1. The molecule has 1 atom stereocenters. The predicted molar refractivity (Wildman–Crippen MR) is 69.8 cm³/mol. The van der Waals surface area contributed by atoms with Crippen LogP contribution in [0.4, 0.5) is 0 Å². The van der Waals surface area contributed by atoms with E-state index in [9.17, 15) is 8.42 Å². The van der Waals surface area contributed by atoms with Gasteiger partial charge in [0.15, 0.2) is 9.84 Å². The molecule has 1 saturated heterocycles. The van der Waals surface area contributed by atoms with E-state index >= 15 is 0 Å². The molecular formula is C13H19NO2S. The maximum Gasteiger partial charge on any atom is 0.151 e. The van der Waals surface area contributed by atoms with E-state index < -0.39 is 9.84 Å². The second-order valence-electron chi connectivity index (χ2n) is 4.86. The van der Waals surface area contributed by atoms with E-state index in [1.54, 1.807) is 0 Å². The summed E-state index contributed by atoms with van der Waals surface area (Å²) >= 11 is 0. The van der Waals surface area contributed by atoms with E-state index in [-0.39, 0.29) is 5.75 Å². The summed E-state index contributed by atoms with van der Waals surface area (Å²) in [5.74, 6) is 0.671. The summed E-state index contributed by atoms with van der Waals surface area (Å²) in [6.45, 7) is 2.10. The number of benzene rings is 1. The largest absolute Gasteiger partial charge is 0.316 e. The van der Waals surface area contributed by atoms with E-state index in [0.29, 0.717) is 5.92 Å². The first-order chi connectivity index (χ1) is 8.04. The minimum absolute atomic E-state index is 0.140. The summed E-state index contributed by atoms with van der Waals surface area (Å²) in [6.07, 6.45) is 3.66. The van der Waals surface area contributed by atoms with Gasteiger partial charge in [-0.05, 0) is 36.4 Å². The van der Waals surface area contributed by atoms with Crippen LogP contribution in [0.25, 0.3) is 0 Å². The van der Waals surface area contributed by atoms with Crippen LogP contribution in [0.2, 0.25) is 0 Å². The topological polar surface area (TPSA) is 46.2 Å². The van der Waals surface area contributed by atoms with Crippen LogP contribution >= 0.6 is 0 Å². The van der Waals surface area contributed by atoms with Crippen LogP contribution in [-0.4, -0.2) is 27.8 Å². The zero-order valence-corrected chi connectivity index (χ0v) is 11.0. The van der Waals surface area contributed by atoms with Crippen molar-refractivity contribution in [2.45, 2.75) is 24.5 Å². The molecule has 0 amide bonds. The van der Waals surface area contributed by atoms with E-state index in [4.69, 9.17) is 0 Å². The van der Waals surface area contributed by atoms with Gasteiger partial charge in [0.25, 0.3) is 0 Å². The van der Waals surface area contributed by atoms with Gasteiger partial charge in [0, 0.05) is 12.8 Å². The third-order valence-corrected chi connectivity index (χ3v) is 4.01. The molecule has 0 radical (unpaired) electrons. The Balaban J connectivity index is 2.16. The fourth-order valence-electron chi connectivity index (χ4n) is 2.38. The minimum Gasteiger partial charge on any atom is -0.316 e. The highest BCUT2D eigenvalue weighted by molar-refractivity contribution is 7.89. The van der Waals surface area contributed by atoms with Gasteiger partial charge in [-0.2, -0.15) is 0 Å². The van der Waals surface area contributed by atoms with Crippen LogP contribution in [0.1, 0.15) is 29.9 Å². The average Bonchev–Trinajstić information content (AvgIpc) is 2.28. The molecule has 94 valence electrons. The Hall–Kier alpha value is -0.870. The van der Waals surface area contributed by atoms with Gasteiger partial charge in [0.1, 0.15) is 0 Å². The Bertz CT molecular complexity index is 476. The van der Waals surface area contributed by atoms with Gasteiger partial charge >= 0.3 is 0 Å².